The van der Waals surface area contributed by atoms with Crippen LogP contribution in [0.3, 0.4) is 0 Å². The van der Waals surface area contributed by atoms with Crippen molar-refractivity contribution in [3.63, 3.8) is 0 Å². The Morgan fingerprint density at radius 3 is 2.79 bits per heavy atom. The lowest BCUT2D eigenvalue weighted by Crippen LogP contribution is -2.12. The van der Waals surface area contributed by atoms with E-state index in [0.717, 1.165) is 21.3 Å². The molecule has 0 atom stereocenters. The summed E-state index contributed by atoms with van der Waals surface area (Å²) >= 11 is 1.40. The molecule has 4 aromatic rings. The molecule has 142 valence electrons. The number of thiazole rings is 1. The highest BCUT2D eigenvalue weighted by molar-refractivity contribution is 7.22. The summed E-state index contributed by atoms with van der Waals surface area (Å²) in [5.74, 6) is 1.40. The predicted octanol–water partition coefficient (Wildman–Crippen LogP) is 4.23. The lowest BCUT2D eigenvalue weighted by Gasteiger charge is -1.99. The molecule has 0 aliphatic carbocycles. The number of aryl methyl sites for hydroxylation is 2. The molecule has 1 N–H and O–H groups in total. The third kappa shape index (κ3) is 3.86. The minimum absolute atomic E-state index is 0.159. The van der Waals surface area contributed by atoms with Crippen LogP contribution in [0.5, 0.6) is 5.75 Å². The van der Waals surface area contributed by atoms with Gasteiger partial charge in [-0.05, 0) is 31.2 Å². The van der Waals surface area contributed by atoms with E-state index in [4.69, 9.17) is 9.15 Å². The minimum atomic E-state index is -0.159. The van der Waals surface area contributed by atoms with Gasteiger partial charge >= 0.3 is 0 Å². The molecule has 0 spiro atoms. The summed E-state index contributed by atoms with van der Waals surface area (Å²) in [6, 6.07) is 13.5. The van der Waals surface area contributed by atoms with Gasteiger partial charge in [-0.1, -0.05) is 35.1 Å². The summed E-state index contributed by atoms with van der Waals surface area (Å²) in [5, 5.41) is 11.4. The Bertz CT molecular complexity index is 1120. The van der Waals surface area contributed by atoms with Gasteiger partial charge in [0.1, 0.15) is 11.3 Å². The van der Waals surface area contributed by atoms with Crippen molar-refractivity contribution in [2.45, 2.75) is 19.8 Å². The quantitative estimate of drug-likeness (QED) is 0.526. The Hall–Kier alpha value is -3.26. The number of aromatic nitrogens is 3. The zero-order valence-electron chi connectivity index (χ0n) is 15.4. The first-order valence-corrected chi connectivity index (χ1v) is 9.57. The number of hydrogen-bond acceptors (Lipinski definition) is 7. The van der Waals surface area contributed by atoms with E-state index in [9.17, 15) is 4.79 Å². The van der Waals surface area contributed by atoms with Crippen LogP contribution >= 0.6 is 11.3 Å². The van der Waals surface area contributed by atoms with Crippen LogP contribution in [0.2, 0.25) is 0 Å². The van der Waals surface area contributed by atoms with Gasteiger partial charge in [-0.15, -0.1) is 10.2 Å². The van der Waals surface area contributed by atoms with Crippen molar-refractivity contribution >= 4 is 32.6 Å². The van der Waals surface area contributed by atoms with E-state index < -0.39 is 0 Å². The summed E-state index contributed by atoms with van der Waals surface area (Å²) < 4.78 is 11.9. The highest BCUT2D eigenvalue weighted by atomic mass is 32.1. The van der Waals surface area contributed by atoms with Crippen molar-refractivity contribution in [2.75, 3.05) is 12.4 Å². The van der Waals surface area contributed by atoms with Crippen LogP contribution in [-0.4, -0.2) is 28.2 Å². The van der Waals surface area contributed by atoms with E-state index in [2.05, 4.69) is 20.5 Å². The van der Waals surface area contributed by atoms with Crippen LogP contribution in [0, 0.1) is 6.92 Å². The van der Waals surface area contributed by atoms with E-state index in [1.807, 2.05) is 49.4 Å². The highest BCUT2D eigenvalue weighted by Gasteiger charge is 2.13. The number of carbonyl (C=O) groups is 1. The van der Waals surface area contributed by atoms with Gasteiger partial charge in [0.2, 0.25) is 17.7 Å². The number of anilines is 1. The molecule has 28 heavy (non-hydrogen) atoms. The average Bonchev–Trinajstić information content (AvgIpc) is 3.33. The Morgan fingerprint density at radius 2 is 2.00 bits per heavy atom. The number of nitrogens with zero attached hydrogens (tertiary/aromatic N) is 3. The smallest absolute Gasteiger partial charge is 0.247 e. The number of amides is 1. The Morgan fingerprint density at radius 1 is 1.18 bits per heavy atom. The summed E-state index contributed by atoms with van der Waals surface area (Å²) in [7, 11) is 1.60. The molecule has 2 heterocycles. The monoisotopic (exact) mass is 394 g/mol. The molecule has 1 amide bonds. The van der Waals surface area contributed by atoms with Crippen LogP contribution in [0.25, 0.3) is 21.7 Å². The molecule has 8 heteroatoms. The number of hydrogen-bond donors (Lipinski definition) is 1. The van der Waals surface area contributed by atoms with E-state index in [0.29, 0.717) is 29.1 Å². The summed E-state index contributed by atoms with van der Waals surface area (Å²) in [6.45, 7) is 2.02. The number of para-hydroxylation sites is 1. The predicted molar refractivity (Wildman–Crippen MR) is 108 cm³/mol. The number of benzene rings is 2. The van der Waals surface area contributed by atoms with Gasteiger partial charge in [0.15, 0.2) is 5.13 Å². The number of nitrogens with one attached hydrogen (secondary N) is 1. The van der Waals surface area contributed by atoms with Gasteiger partial charge in [0, 0.05) is 18.4 Å². The maximum absolute atomic E-state index is 12.3. The zero-order valence-corrected chi connectivity index (χ0v) is 16.2. The highest BCUT2D eigenvalue weighted by Crippen LogP contribution is 2.32. The van der Waals surface area contributed by atoms with Gasteiger partial charge in [0.05, 0.1) is 11.8 Å². The van der Waals surface area contributed by atoms with E-state index in [-0.39, 0.29) is 12.3 Å². The third-order valence-corrected chi connectivity index (χ3v) is 5.12. The molecule has 2 aromatic heterocycles. The molecular formula is C20H18N4O3S. The molecule has 0 radical (unpaired) electrons. The van der Waals surface area contributed by atoms with Gasteiger partial charge < -0.3 is 14.5 Å². The first-order chi connectivity index (χ1) is 13.6. The van der Waals surface area contributed by atoms with E-state index in [1.54, 1.807) is 7.11 Å². The molecule has 2 aromatic carbocycles. The molecule has 0 fully saturated rings. The maximum Gasteiger partial charge on any atom is 0.247 e. The van der Waals surface area contributed by atoms with Gasteiger partial charge in [-0.25, -0.2) is 4.98 Å². The van der Waals surface area contributed by atoms with Crippen molar-refractivity contribution in [1.82, 2.24) is 15.2 Å². The number of ether oxygens (including phenoxy) is 1. The minimum Gasteiger partial charge on any atom is -0.494 e. The molecule has 0 saturated heterocycles. The molecular weight excluding hydrogens is 376 g/mol. The molecule has 4 rings (SSSR count). The van der Waals surface area contributed by atoms with Crippen LogP contribution in [0.1, 0.15) is 17.9 Å². The van der Waals surface area contributed by atoms with Crippen molar-refractivity contribution in [3.05, 3.63) is 53.9 Å². The molecule has 0 aliphatic heterocycles. The number of rotatable bonds is 6. The largest absolute Gasteiger partial charge is 0.494 e. The number of methoxy groups -OCH3 is 1. The van der Waals surface area contributed by atoms with E-state index >= 15 is 0 Å². The van der Waals surface area contributed by atoms with Crippen LogP contribution in [-0.2, 0) is 11.2 Å². The summed E-state index contributed by atoms with van der Waals surface area (Å²) in [4.78, 5) is 16.7. The lowest BCUT2D eigenvalue weighted by molar-refractivity contribution is -0.116. The number of carbonyl (C=O) groups excluding carboxylic acids is 1. The van der Waals surface area contributed by atoms with Gasteiger partial charge in [0.25, 0.3) is 0 Å². The fourth-order valence-corrected chi connectivity index (χ4v) is 3.61. The maximum atomic E-state index is 12.3. The van der Waals surface area contributed by atoms with Crippen LogP contribution < -0.4 is 10.1 Å². The Balaban J connectivity index is 1.38. The topological polar surface area (TPSA) is 90.1 Å². The van der Waals surface area contributed by atoms with Crippen LogP contribution in [0.15, 0.2) is 46.9 Å². The van der Waals surface area contributed by atoms with E-state index in [1.165, 1.54) is 11.3 Å². The molecule has 0 aliphatic rings. The molecule has 7 nitrogen and oxygen atoms in total. The number of fused-ring (bicyclic) bond motifs is 1. The lowest BCUT2D eigenvalue weighted by atomic mass is 10.1. The summed E-state index contributed by atoms with van der Waals surface area (Å²) in [6.07, 6.45) is 0.585. The SMILES string of the molecule is COc1cccc2sc(NC(=O)CCc3nnc(-c4ccc(C)cc4)o3)nc12. The van der Waals surface area contributed by atoms with Crippen LogP contribution in [0.4, 0.5) is 5.13 Å². The second kappa shape index (κ2) is 7.77. The summed E-state index contributed by atoms with van der Waals surface area (Å²) in [5.41, 5.74) is 2.76. The first kappa shape index (κ1) is 18.1. The molecule has 0 saturated carbocycles. The van der Waals surface area contributed by atoms with Crippen molar-refractivity contribution in [3.8, 4) is 17.2 Å². The van der Waals surface area contributed by atoms with Crippen molar-refractivity contribution < 1.29 is 13.9 Å². The second-order valence-electron chi connectivity index (χ2n) is 6.24. The standard InChI is InChI=1S/C20H18N4O3S/c1-12-6-8-13(9-7-12)19-24-23-17(27-19)11-10-16(25)21-20-22-18-14(26-2)4-3-5-15(18)28-20/h3-9H,10-11H2,1-2H3,(H,21,22,25). The van der Waals surface area contributed by atoms with Crippen molar-refractivity contribution in [2.24, 2.45) is 0 Å². The second-order valence-corrected chi connectivity index (χ2v) is 7.27. The first-order valence-electron chi connectivity index (χ1n) is 8.75. The third-order valence-electron chi connectivity index (χ3n) is 4.18. The fourth-order valence-electron chi connectivity index (χ4n) is 2.71. The molecule has 0 unspecified atom stereocenters. The Kier molecular flexibility index (Phi) is 5.03. The average molecular weight is 394 g/mol. The van der Waals surface area contributed by atoms with Gasteiger partial charge in [-0.3, -0.25) is 4.79 Å². The van der Waals surface area contributed by atoms with Gasteiger partial charge in [-0.2, -0.15) is 0 Å². The normalized spacial score (nSPS) is 10.9. The Labute approximate surface area is 165 Å². The fraction of sp³-hybridized carbons (Fsp3) is 0.200. The zero-order chi connectivity index (χ0) is 19.5. The molecule has 0 bridgehead atoms. The van der Waals surface area contributed by atoms with Crippen molar-refractivity contribution in [1.29, 1.82) is 0 Å².